The van der Waals surface area contributed by atoms with Crippen LogP contribution in [0.15, 0.2) is 23.8 Å². The number of hydrogen-bond acceptors (Lipinski definition) is 4. The van der Waals surface area contributed by atoms with E-state index >= 15 is 0 Å². The molecule has 0 aromatic heterocycles. The third-order valence-corrected chi connectivity index (χ3v) is 11.2. The molecule has 2 aliphatic carbocycles. The van der Waals surface area contributed by atoms with Crippen LogP contribution < -0.4 is 0 Å². The third kappa shape index (κ3) is 3.38. The van der Waals surface area contributed by atoms with Crippen molar-refractivity contribution in [2.24, 2.45) is 16.7 Å². The molecule has 152 valence electrons. The van der Waals surface area contributed by atoms with Crippen molar-refractivity contribution in [2.75, 3.05) is 18.6 Å². The second-order valence-electron chi connectivity index (χ2n) is 8.98. The Morgan fingerprint density at radius 3 is 2.63 bits per heavy atom. The Morgan fingerprint density at radius 2 is 2.07 bits per heavy atom. The van der Waals surface area contributed by atoms with Crippen molar-refractivity contribution in [1.29, 1.82) is 0 Å². The molecule has 0 radical (unpaired) electrons. The summed E-state index contributed by atoms with van der Waals surface area (Å²) < 4.78 is 6.47. The molecule has 1 aliphatic heterocycles. The molecule has 27 heavy (non-hydrogen) atoms. The summed E-state index contributed by atoms with van der Waals surface area (Å²) in [7, 11) is 1.84. The quantitative estimate of drug-likeness (QED) is 0.464. The Labute approximate surface area is 174 Å². The largest absolute Gasteiger partial charge is 0.380 e. The van der Waals surface area contributed by atoms with Crippen molar-refractivity contribution in [2.45, 2.75) is 76.4 Å². The highest BCUT2D eigenvalue weighted by atomic mass is 32.2. The number of Topliss-reactive ketones (excluding diaryl/α,β-unsaturated/α-hetero) is 1. The van der Waals surface area contributed by atoms with Gasteiger partial charge in [0.1, 0.15) is 5.78 Å². The Kier molecular flexibility index (Phi) is 6.31. The van der Waals surface area contributed by atoms with E-state index in [1.54, 1.807) is 11.1 Å². The van der Waals surface area contributed by atoms with Gasteiger partial charge in [-0.15, -0.1) is 30.1 Å². The van der Waals surface area contributed by atoms with Gasteiger partial charge in [-0.2, -0.15) is 0 Å². The Morgan fingerprint density at radius 1 is 1.41 bits per heavy atom. The van der Waals surface area contributed by atoms with E-state index in [1.807, 2.05) is 27.0 Å². The van der Waals surface area contributed by atoms with E-state index in [4.69, 9.17) is 4.74 Å². The molecule has 0 saturated carbocycles. The Bertz CT molecular complexity index is 634. The molecule has 0 N–H and O–H groups in total. The van der Waals surface area contributed by atoms with Crippen LogP contribution in [0.2, 0.25) is 0 Å². The molecule has 1 spiro atoms. The van der Waals surface area contributed by atoms with Gasteiger partial charge < -0.3 is 4.74 Å². The van der Waals surface area contributed by atoms with Crippen LogP contribution in [0.25, 0.3) is 0 Å². The standard InChI is InChI=1S/C23H36O2S2/c1-7-18(24)21(4,8-2)15-19(25-6)22(5)16(3)9-10-17-11-12-23(20(17)22)26-13-14-27-23/h8,16,19H,2,7,9-15H2,1,3-6H3/t16-,19-,21-,22+/m1/s1. The van der Waals surface area contributed by atoms with E-state index in [1.165, 1.54) is 37.2 Å². The van der Waals surface area contributed by atoms with Gasteiger partial charge in [-0.25, -0.2) is 0 Å². The zero-order valence-corrected chi connectivity index (χ0v) is 19.4. The number of fused-ring (bicyclic) bond motifs is 1. The van der Waals surface area contributed by atoms with Gasteiger partial charge in [-0.05, 0) is 50.5 Å². The molecule has 1 fully saturated rings. The molecule has 1 heterocycles. The maximum Gasteiger partial charge on any atom is 0.142 e. The summed E-state index contributed by atoms with van der Waals surface area (Å²) in [6.45, 7) is 12.9. The van der Waals surface area contributed by atoms with Crippen molar-refractivity contribution in [1.82, 2.24) is 0 Å². The maximum absolute atomic E-state index is 12.7. The minimum atomic E-state index is -0.516. The predicted molar refractivity (Wildman–Crippen MR) is 119 cm³/mol. The summed E-state index contributed by atoms with van der Waals surface area (Å²) in [4.78, 5) is 12.7. The van der Waals surface area contributed by atoms with Gasteiger partial charge in [0.05, 0.1) is 10.2 Å². The smallest absolute Gasteiger partial charge is 0.142 e. The van der Waals surface area contributed by atoms with Gasteiger partial charge in [0.15, 0.2) is 0 Å². The van der Waals surface area contributed by atoms with Crippen molar-refractivity contribution in [3.8, 4) is 0 Å². The van der Waals surface area contributed by atoms with Crippen molar-refractivity contribution in [3.63, 3.8) is 0 Å². The van der Waals surface area contributed by atoms with Gasteiger partial charge in [0.25, 0.3) is 0 Å². The Hall–Kier alpha value is -0.190. The summed E-state index contributed by atoms with van der Waals surface area (Å²) in [5.41, 5.74) is 2.85. The van der Waals surface area contributed by atoms with Crippen molar-refractivity contribution < 1.29 is 9.53 Å². The maximum atomic E-state index is 12.7. The molecule has 4 atom stereocenters. The normalized spacial score (nSPS) is 33.0. The molecule has 0 unspecified atom stereocenters. The van der Waals surface area contributed by atoms with Crippen LogP contribution in [-0.4, -0.2) is 34.6 Å². The highest BCUT2D eigenvalue weighted by Crippen LogP contribution is 2.67. The first-order valence-corrected chi connectivity index (χ1v) is 12.4. The zero-order valence-electron chi connectivity index (χ0n) is 17.7. The second-order valence-corrected chi connectivity index (χ2v) is 12.0. The fraction of sp³-hybridized carbons (Fsp3) is 0.783. The molecular formula is C23H36O2S2. The van der Waals surface area contributed by atoms with Crippen LogP contribution in [-0.2, 0) is 9.53 Å². The number of carbonyl (C=O) groups excluding carboxylic acids is 1. The van der Waals surface area contributed by atoms with Crippen LogP contribution in [0.5, 0.6) is 0 Å². The minimum absolute atomic E-state index is 0.0124. The lowest BCUT2D eigenvalue weighted by atomic mass is 9.59. The summed E-state index contributed by atoms with van der Waals surface area (Å²) in [5.74, 6) is 3.33. The van der Waals surface area contributed by atoms with Gasteiger partial charge in [-0.1, -0.05) is 32.4 Å². The zero-order chi connectivity index (χ0) is 19.9. The van der Waals surface area contributed by atoms with E-state index in [2.05, 4.69) is 44.0 Å². The van der Waals surface area contributed by atoms with Gasteiger partial charge in [0.2, 0.25) is 0 Å². The highest BCUT2D eigenvalue weighted by molar-refractivity contribution is 8.21. The van der Waals surface area contributed by atoms with Crippen molar-refractivity contribution in [3.05, 3.63) is 23.8 Å². The average molecular weight is 409 g/mol. The topological polar surface area (TPSA) is 26.3 Å². The SMILES string of the molecule is C=C[C@](C)(C[C@@H](OC)[C@@]1(C)C2=C(CC[C@H]1C)CCC21SCCS1)C(=O)CC. The number of hydrogen-bond donors (Lipinski definition) is 0. The summed E-state index contributed by atoms with van der Waals surface area (Å²) in [6.07, 6.45) is 8.18. The third-order valence-electron chi connectivity index (χ3n) is 7.66. The monoisotopic (exact) mass is 408 g/mol. The first-order chi connectivity index (χ1) is 12.8. The number of methoxy groups -OCH3 is 1. The number of allylic oxidation sites excluding steroid dienone is 2. The molecule has 0 amide bonds. The lowest BCUT2D eigenvalue weighted by Gasteiger charge is -2.51. The number of carbonyl (C=O) groups is 1. The summed E-state index contributed by atoms with van der Waals surface area (Å²) >= 11 is 4.33. The van der Waals surface area contributed by atoms with E-state index in [0.29, 0.717) is 12.3 Å². The predicted octanol–water partition coefficient (Wildman–Crippen LogP) is 6.27. The highest BCUT2D eigenvalue weighted by Gasteiger charge is 2.58. The first-order valence-electron chi connectivity index (χ1n) is 10.5. The molecule has 0 aromatic carbocycles. The second kappa shape index (κ2) is 7.91. The van der Waals surface area contributed by atoms with Crippen LogP contribution in [0.1, 0.15) is 66.2 Å². The molecule has 2 nitrogen and oxygen atoms in total. The first kappa shape index (κ1) is 21.5. The molecule has 1 saturated heterocycles. The van der Waals surface area contributed by atoms with Crippen LogP contribution in [0.4, 0.5) is 0 Å². The van der Waals surface area contributed by atoms with Crippen LogP contribution >= 0.6 is 23.5 Å². The lowest BCUT2D eigenvalue weighted by Crippen LogP contribution is -2.49. The van der Waals surface area contributed by atoms with E-state index < -0.39 is 5.41 Å². The van der Waals surface area contributed by atoms with E-state index in [0.717, 1.165) is 6.42 Å². The van der Waals surface area contributed by atoms with Gasteiger partial charge >= 0.3 is 0 Å². The molecule has 3 aliphatic rings. The molecule has 0 aromatic rings. The number of ketones is 1. The summed E-state index contributed by atoms with van der Waals surface area (Å²) in [6, 6.07) is 0. The van der Waals surface area contributed by atoms with Crippen LogP contribution in [0.3, 0.4) is 0 Å². The fourth-order valence-electron chi connectivity index (χ4n) is 5.67. The Balaban J connectivity index is 2.03. The average Bonchev–Trinajstić information content (AvgIpc) is 3.30. The molecule has 0 bridgehead atoms. The van der Waals surface area contributed by atoms with E-state index in [-0.39, 0.29) is 21.4 Å². The number of thioether (sulfide) groups is 2. The van der Waals surface area contributed by atoms with Gasteiger partial charge in [0, 0.05) is 35.9 Å². The molecular weight excluding hydrogens is 372 g/mol. The lowest BCUT2D eigenvalue weighted by molar-refractivity contribution is -0.128. The van der Waals surface area contributed by atoms with Crippen molar-refractivity contribution >= 4 is 29.3 Å². The fourth-order valence-corrected chi connectivity index (χ4v) is 9.34. The number of rotatable bonds is 7. The van der Waals surface area contributed by atoms with Gasteiger partial charge in [-0.3, -0.25) is 4.79 Å². The van der Waals surface area contributed by atoms with E-state index in [9.17, 15) is 4.79 Å². The summed E-state index contributed by atoms with van der Waals surface area (Å²) in [5, 5.41) is 0. The van der Waals surface area contributed by atoms with Crippen LogP contribution in [0, 0.1) is 16.7 Å². The molecule has 3 rings (SSSR count). The number of ether oxygens (including phenoxy) is 1. The molecule has 4 heteroatoms. The minimum Gasteiger partial charge on any atom is -0.380 e.